The highest BCUT2D eigenvalue weighted by atomic mass is 19.3. The second kappa shape index (κ2) is 4.30. The molecule has 0 aromatic carbocycles. The van der Waals surface area contributed by atoms with Crippen molar-refractivity contribution in [1.29, 1.82) is 0 Å². The van der Waals surface area contributed by atoms with Crippen molar-refractivity contribution in [3.8, 4) is 0 Å². The number of carboxylic acids is 1. The molecular weight excluding hydrogens is 284 g/mol. The van der Waals surface area contributed by atoms with Crippen molar-refractivity contribution in [2.24, 2.45) is 10.8 Å². The van der Waals surface area contributed by atoms with E-state index >= 15 is 0 Å². The van der Waals surface area contributed by atoms with E-state index in [9.17, 15) is 18.4 Å². The molecule has 1 aliphatic heterocycles. The fourth-order valence-corrected chi connectivity index (χ4v) is 3.32. The third-order valence-electron chi connectivity index (χ3n) is 4.82. The maximum atomic E-state index is 14.1. The molecule has 1 unspecified atom stereocenters. The van der Waals surface area contributed by atoms with Gasteiger partial charge in [-0.1, -0.05) is 0 Å². The van der Waals surface area contributed by atoms with Gasteiger partial charge in [0, 0.05) is 13.1 Å². The summed E-state index contributed by atoms with van der Waals surface area (Å²) in [4.78, 5) is 24.5. The molecule has 5 nitrogen and oxygen atoms in total. The molecule has 21 heavy (non-hydrogen) atoms. The van der Waals surface area contributed by atoms with Crippen LogP contribution in [0, 0.1) is 10.8 Å². The van der Waals surface area contributed by atoms with E-state index in [1.807, 2.05) is 0 Å². The first-order valence-electron chi connectivity index (χ1n) is 6.98. The van der Waals surface area contributed by atoms with Gasteiger partial charge in [0.15, 0.2) is 0 Å². The molecule has 1 atom stereocenters. The Kier molecular flexibility index (Phi) is 3.27. The third-order valence-corrected chi connectivity index (χ3v) is 4.82. The Bertz CT molecular complexity index is 478. The van der Waals surface area contributed by atoms with Crippen LogP contribution >= 0.6 is 0 Å². The van der Waals surface area contributed by atoms with Crippen molar-refractivity contribution in [3.05, 3.63) is 0 Å². The number of rotatable bonds is 1. The first-order chi connectivity index (χ1) is 9.39. The maximum absolute atomic E-state index is 14.1. The molecule has 0 aromatic rings. The number of nitrogens with zero attached hydrogens (tertiary/aromatic N) is 1. The van der Waals surface area contributed by atoms with Crippen LogP contribution in [0.4, 0.5) is 13.6 Å². The van der Waals surface area contributed by atoms with Crippen LogP contribution in [0.25, 0.3) is 0 Å². The Morgan fingerprint density at radius 2 is 1.67 bits per heavy atom. The fraction of sp³-hybridized carbons (Fsp3) is 0.857. The minimum absolute atomic E-state index is 0.0258. The monoisotopic (exact) mass is 305 g/mol. The molecule has 1 heterocycles. The van der Waals surface area contributed by atoms with Crippen molar-refractivity contribution in [1.82, 2.24) is 4.90 Å². The summed E-state index contributed by atoms with van der Waals surface area (Å²) < 4.78 is 33.3. The number of amides is 1. The van der Waals surface area contributed by atoms with E-state index in [1.54, 1.807) is 20.8 Å². The number of hydrogen-bond donors (Lipinski definition) is 1. The molecule has 2 rings (SSSR count). The molecular formula is C14H21F2NO4. The zero-order valence-electron chi connectivity index (χ0n) is 12.7. The molecule has 120 valence electrons. The van der Waals surface area contributed by atoms with Gasteiger partial charge < -0.3 is 14.7 Å². The van der Waals surface area contributed by atoms with E-state index in [0.717, 1.165) is 6.92 Å². The lowest BCUT2D eigenvalue weighted by Gasteiger charge is -2.34. The smallest absolute Gasteiger partial charge is 0.410 e. The topological polar surface area (TPSA) is 66.8 Å². The second-order valence-electron chi connectivity index (χ2n) is 7.05. The number of likely N-dealkylation sites (tertiary alicyclic amines) is 1. The summed E-state index contributed by atoms with van der Waals surface area (Å²) in [6, 6.07) is 0. The van der Waals surface area contributed by atoms with Gasteiger partial charge in [-0.2, -0.15) is 0 Å². The Morgan fingerprint density at radius 3 is 2.00 bits per heavy atom. The van der Waals surface area contributed by atoms with Gasteiger partial charge >= 0.3 is 12.1 Å². The summed E-state index contributed by atoms with van der Waals surface area (Å²) in [6.45, 7) is 6.46. The largest absolute Gasteiger partial charge is 0.481 e. The van der Waals surface area contributed by atoms with E-state index in [1.165, 1.54) is 4.90 Å². The van der Waals surface area contributed by atoms with E-state index in [-0.39, 0.29) is 25.9 Å². The SMILES string of the molecule is CC(C)(C)OC(=O)N1CCC2(CC1)C(F)(F)C2(C)C(=O)O. The Labute approximate surface area is 122 Å². The van der Waals surface area contributed by atoms with Gasteiger partial charge in [-0.3, -0.25) is 4.79 Å². The normalized spacial score (nSPS) is 30.1. The highest BCUT2D eigenvalue weighted by Crippen LogP contribution is 2.79. The molecule has 1 N–H and O–H groups in total. The average molecular weight is 305 g/mol. The van der Waals surface area contributed by atoms with Gasteiger partial charge in [0.1, 0.15) is 11.0 Å². The number of alkyl halides is 2. The Morgan fingerprint density at radius 1 is 1.19 bits per heavy atom. The number of carboxylic acid groups (broad SMARTS) is 1. The summed E-state index contributed by atoms with van der Waals surface area (Å²) in [5.74, 6) is -4.70. The molecule has 0 bridgehead atoms. The van der Waals surface area contributed by atoms with Crippen LogP contribution in [-0.4, -0.2) is 46.7 Å². The number of carbonyl (C=O) groups is 2. The van der Waals surface area contributed by atoms with Gasteiger partial charge in [0.2, 0.25) is 0 Å². The van der Waals surface area contributed by atoms with Gasteiger partial charge in [0.25, 0.3) is 5.92 Å². The lowest BCUT2D eigenvalue weighted by Crippen LogP contribution is -2.44. The molecule has 1 aliphatic carbocycles. The van der Waals surface area contributed by atoms with Crippen LogP contribution in [0.1, 0.15) is 40.5 Å². The Hall–Kier alpha value is -1.40. The summed E-state index contributed by atoms with van der Waals surface area (Å²) in [6.07, 6.45) is -0.595. The first-order valence-corrected chi connectivity index (χ1v) is 6.98. The predicted molar refractivity (Wildman–Crippen MR) is 70.2 cm³/mol. The van der Waals surface area contributed by atoms with Crippen LogP contribution in [-0.2, 0) is 9.53 Å². The number of halogens is 2. The summed E-state index contributed by atoms with van der Waals surface area (Å²) in [7, 11) is 0. The van der Waals surface area contributed by atoms with Crippen LogP contribution < -0.4 is 0 Å². The third kappa shape index (κ3) is 2.00. The van der Waals surface area contributed by atoms with Crippen LogP contribution in [0.2, 0.25) is 0 Å². The van der Waals surface area contributed by atoms with Crippen LogP contribution in [0.15, 0.2) is 0 Å². The second-order valence-corrected chi connectivity index (χ2v) is 7.05. The van der Waals surface area contributed by atoms with Crippen LogP contribution in [0.3, 0.4) is 0 Å². The van der Waals surface area contributed by atoms with Crippen molar-refractivity contribution < 1.29 is 28.2 Å². The zero-order chi connectivity index (χ0) is 16.3. The van der Waals surface area contributed by atoms with E-state index < -0.39 is 34.4 Å². The molecule has 7 heteroatoms. The highest BCUT2D eigenvalue weighted by molar-refractivity contribution is 5.83. The summed E-state index contributed by atoms with van der Waals surface area (Å²) in [5.41, 5.74) is -4.21. The highest BCUT2D eigenvalue weighted by Gasteiger charge is 2.92. The lowest BCUT2D eigenvalue weighted by atomic mass is 9.85. The summed E-state index contributed by atoms with van der Waals surface area (Å²) in [5, 5.41) is 9.11. The minimum atomic E-state index is -3.23. The molecule has 2 fully saturated rings. The molecule has 0 aromatic heterocycles. The zero-order valence-corrected chi connectivity index (χ0v) is 12.7. The van der Waals surface area contributed by atoms with Crippen molar-refractivity contribution in [2.45, 2.75) is 52.1 Å². The number of ether oxygens (including phenoxy) is 1. The Balaban J connectivity index is 2.05. The standard InChI is InChI=1S/C14H21F2NO4/c1-11(2,3)21-10(20)17-7-5-13(6-8-17)12(4,9(18)19)14(13,15)16/h5-8H2,1-4H3,(H,18,19). The van der Waals surface area contributed by atoms with Crippen molar-refractivity contribution in [2.75, 3.05) is 13.1 Å². The van der Waals surface area contributed by atoms with Gasteiger partial charge in [-0.15, -0.1) is 0 Å². The van der Waals surface area contributed by atoms with Gasteiger partial charge in [0.05, 0.1) is 5.41 Å². The van der Waals surface area contributed by atoms with Gasteiger partial charge in [-0.05, 0) is 40.5 Å². The fourth-order valence-electron chi connectivity index (χ4n) is 3.32. The maximum Gasteiger partial charge on any atom is 0.410 e. The molecule has 1 spiro atoms. The van der Waals surface area contributed by atoms with E-state index in [4.69, 9.17) is 9.84 Å². The number of hydrogen-bond acceptors (Lipinski definition) is 3. The average Bonchev–Trinajstić information content (AvgIpc) is 2.70. The predicted octanol–water partition coefficient (Wildman–Crippen LogP) is 2.74. The quantitative estimate of drug-likeness (QED) is 0.809. The van der Waals surface area contributed by atoms with Crippen molar-refractivity contribution >= 4 is 12.1 Å². The van der Waals surface area contributed by atoms with Gasteiger partial charge in [-0.25, -0.2) is 13.6 Å². The number of carbonyl (C=O) groups excluding carboxylic acids is 1. The van der Waals surface area contributed by atoms with E-state index in [0.29, 0.717) is 0 Å². The minimum Gasteiger partial charge on any atom is -0.481 e. The number of piperidine rings is 1. The van der Waals surface area contributed by atoms with Crippen molar-refractivity contribution in [3.63, 3.8) is 0 Å². The molecule has 1 saturated carbocycles. The molecule has 1 amide bonds. The first kappa shape index (κ1) is 16.0. The van der Waals surface area contributed by atoms with Crippen LogP contribution in [0.5, 0.6) is 0 Å². The molecule has 0 radical (unpaired) electrons. The number of aliphatic carboxylic acids is 1. The lowest BCUT2D eigenvalue weighted by molar-refractivity contribution is -0.147. The molecule has 2 aliphatic rings. The van der Waals surface area contributed by atoms with E-state index in [2.05, 4.69) is 0 Å². The molecule has 1 saturated heterocycles. The summed E-state index contributed by atoms with van der Waals surface area (Å²) >= 11 is 0.